The van der Waals surface area contributed by atoms with Gasteiger partial charge in [0.2, 0.25) is 0 Å². The maximum atomic E-state index is 2.50. The smallest absolute Gasteiger partial charge is 0.0714 e. The van der Waals surface area contributed by atoms with Crippen LogP contribution in [-0.4, -0.2) is 9.13 Å². The van der Waals surface area contributed by atoms with E-state index in [-0.39, 0.29) is 0 Å². The van der Waals surface area contributed by atoms with Crippen molar-refractivity contribution in [3.63, 3.8) is 0 Å². The Labute approximate surface area is 366 Å². The predicted molar refractivity (Wildman–Crippen MR) is 263 cm³/mol. The molecule has 2 nitrogen and oxygen atoms in total. The first-order valence-corrected chi connectivity index (χ1v) is 21.8. The summed E-state index contributed by atoms with van der Waals surface area (Å²) >= 11 is 0. The van der Waals surface area contributed by atoms with Crippen molar-refractivity contribution in [2.24, 2.45) is 0 Å². The lowest BCUT2D eigenvalue weighted by molar-refractivity contribution is 0.769. The van der Waals surface area contributed by atoms with Gasteiger partial charge in [-0.15, -0.1) is 0 Å². The fourth-order valence-electron chi connectivity index (χ4n) is 10.9. The third-order valence-electron chi connectivity index (χ3n) is 13.6. The number of benzene rings is 10. The highest BCUT2D eigenvalue weighted by Gasteiger charge is 2.46. The Hall–Kier alpha value is -8.20. The molecule has 0 unspecified atom stereocenters. The molecule has 0 bridgehead atoms. The Morgan fingerprint density at radius 3 is 1.27 bits per heavy atom. The van der Waals surface area contributed by atoms with E-state index < -0.39 is 5.41 Å². The van der Waals surface area contributed by atoms with Crippen molar-refractivity contribution >= 4 is 43.6 Å². The van der Waals surface area contributed by atoms with Crippen molar-refractivity contribution in [3.05, 3.63) is 265 Å². The molecule has 0 radical (unpaired) electrons. The van der Waals surface area contributed by atoms with Gasteiger partial charge in [-0.1, -0.05) is 176 Å². The fraction of sp³-hybridized carbons (Fsp3) is 0.0164. The summed E-state index contributed by atoms with van der Waals surface area (Å²) in [5, 5.41) is 5.02. The molecule has 294 valence electrons. The summed E-state index contributed by atoms with van der Waals surface area (Å²) in [6.45, 7) is 0. The second kappa shape index (κ2) is 13.9. The monoisotopic (exact) mass is 800 g/mol. The van der Waals surface area contributed by atoms with Crippen LogP contribution in [0.2, 0.25) is 0 Å². The van der Waals surface area contributed by atoms with E-state index in [4.69, 9.17) is 0 Å². The zero-order valence-electron chi connectivity index (χ0n) is 34.5. The Morgan fingerprint density at radius 2 is 0.683 bits per heavy atom. The van der Waals surface area contributed by atoms with Crippen molar-refractivity contribution < 1.29 is 0 Å². The number of rotatable bonds is 6. The number of hydrogen-bond donors (Lipinski definition) is 0. The van der Waals surface area contributed by atoms with Crippen LogP contribution in [0.5, 0.6) is 0 Å². The zero-order chi connectivity index (χ0) is 41.5. The number of hydrogen-bond acceptors (Lipinski definition) is 0. The molecule has 0 saturated heterocycles. The number of nitrogens with zero attached hydrogens (tertiary/aromatic N) is 2. The van der Waals surface area contributed by atoms with E-state index in [0.717, 1.165) is 5.69 Å². The average Bonchev–Trinajstić information content (AvgIpc) is 3.97. The standard InChI is InChI=1S/C61H40N2/c1-5-17-45(18-6-1)61(46-19-7-2-8-20-46)55-27-15-13-25-49(55)51-39-54-53-38-44(34-36-59(53)63(60(54)40-56(51)61)48-23-11-4-12-24-48)42-31-29-41(30-32-42)43-33-35-58-52(37-43)50-26-14-16-28-57(50)62(58)47-21-9-3-10-22-47/h1-40H. The molecule has 0 spiro atoms. The Kier molecular flexibility index (Phi) is 7.85. The summed E-state index contributed by atoms with van der Waals surface area (Å²) in [5.41, 5.74) is 19.2. The van der Waals surface area contributed by atoms with Crippen LogP contribution >= 0.6 is 0 Å². The summed E-state index contributed by atoms with van der Waals surface area (Å²) in [6.07, 6.45) is 0. The molecule has 2 heteroatoms. The minimum atomic E-state index is -0.475. The van der Waals surface area contributed by atoms with Gasteiger partial charge < -0.3 is 9.13 Å². The molecule has 2 aromatic heterocycles. The minimum absolute atomic E-state index is 0.475. The van der Waals surface area contributed by atoms with Gasteiger partial charge in [0.1, 0.15) is 0 Å². The van der Waals surface area contributed by atoms with E-state index in [1.165, 1.54) is 105 Å². The number of fused-ring (bicyclic) bond motifs is 9. The van der Waals surface area contributed by atoms with E-state index in [9.17, 15) is 0 Å². The van der Waals surface area contributed by atoms with Crippen LogP contribution in [0.4, 0.5) is 0 Å². The third kappa shape index (κ3) is 5.25. The van der Waals surface area contributed by atoms with Gasteiger partial charge >= 0.3 is 0 Å². The van der Waals surface area contributed by atoms with Crippen LogP contribution in [0.1, 0.15) is 22.3 Å². The molecule has 63 heavy (non-hydrogen) atoms. The molecule has 0 saturated carbocycles. The van der Waals surface area contributed by atoms with Crippen LogP contribution in [0.3, 0.4) is 0 Å². The highest BCUT2D eigenvalue weighted by molar-refractivity contribution is 6.13. The van der Waals surface area contributed by atoms with Gasteiger partial charge in [-0.05, 0) is 122 Å². The van der Waals surface area contributed by atoms with Gasteiger partial charge in [-0.25, -0.2) is 0 Å². The van der Waals surface area contributed by atoms with Crippen LogP contribution in [-0.2, 0) is 5.41 Å². The lowest BCUT2D eigenvalue weighted by atomic mass is 9.67. The molecule has 1 aliphatic rings. The highest BCUT2D eigenvalue weighted by Crippen LogP contribution is 2.57. The first-order chi connectivity index (χ1) is 31.3. The van der Waals surface area contributed by atoms with Crippen LogP contribution in [0.15, 0.2) is 243 Å². The lowest BCUT2D eigenvalue weighted by Gasteiger charge is -2.34. The molecule has 0 amide bonds. The SMILES string of the molecule is c1ccc(-n2c3ccccc3c3cc(-c4ccc(-c5ccc6c(c5)c5cc7c(cc5n6-c5ccccc5)C(c5ccccc5)(c5ccccc5)c5ccccc5-7)cc4)ccc32)cc1. The van der Waals surface area contributed by atoms with Crippen LogP contribution < -0.4 is 0 Å². The molecular formula is C61H40N2. The number of aromatic nitrogens is 2. The Morgan fingerprint density at radius 1 is 0.254 bits per heavy atom. The first-order valence-electron chi connectivity index (χ1n) is 21.8. The van der Waals surface area contributed by atoms with E-state index in [0.29, 0.717) is 0 Å². The zero-order valence-corrected chi connectivity index (χ0v) is 34.5. The van der Waals surface area contributed by atoms with E-state index >= 15 is 0 Å². The second-order valence-electron chi connectivity index (χ2n) is 16.8. The normalized spacial score (nSPS) is 12.9. The van der Waals surface area contributed by atoms with Crippen molar-refractivity contribution in [1.82, 2.24) is 9.13 Å². The molecule has 0 fully saturated rings. The first kappa shape index (κ1) is 35.5. The molecular weight excluding hydrogens is 761 g/mol. The molecule has 10 aromatic carbocycles. The van der Waals surface area contributed by atoms with Crippen molar-refractivity contribution in [3.8, 4) is 44.8 Å². The molecule has 2 heterocycles. The van der Waals surface area contributed by atoms with Crippen molar-refractivity contribution in [2.45, 2.75) is 5.41 Å². The lowest BCUT2D eigenvalue weighted by Crippen LogP contribution is -2.28. The second-order valence-corrected chi connectivity index (χ2v) is 16.8. The summed E-state index contributed by atoms with van der Waals surface area (Å²) < 4.78 is 4.84. The summed E-state index contributed by atoms with van der Waals surface area (Å²) in [5.74, 6) is 0. The maximum absolute atomic E-state index is 2.50. The summed E-state index contributed by atoms with van der Waals surface area (Å²) in [6, 6.07) is 89.5. The molecule has 0 N–H and O–H groups in total. The predicted octanol–water partition coefficient (Wildman–Crippen LogP) is 15.6. The molecule has 0 aliphatic heterocycles. The van der Waals surface area contributed by atoms with E-state index in [2.05, 4.69) is 252 Å². The van der Waals surface area contributed by atoms with Gasteiger partial charge in [0.05, 0.1) is 27.5 Å². The van der Waals surface area contributed by atoms with Gasteiger partial charge in [-0.3, -0.25) is 0 Å². The van der Waals surface area contributed by atoms with Gasteiger partial charge in [0, 0.05) is 32.9 Å². The van der Waals surface area contributed by atoms with Gasteiger partial charge in [-0.2, -0.15) is 0 Å². The number of para-hydroxylation sites is 3. The minimum Gasteiger partial charge on any atom is -0.309 e. The topological polar surface area (TPSA) is 9.86 Å². The molecule has 12 aromatic rings. The third-order valence-corrected chi connectivity index (χ3v) is 13.6. The van der Waals surface area contributed by atoms with Crippen molar-refractivity contribution in [1.29, 1.82) is 0 Å². The van der Waals surface area contributed by atoms with Gasteiger partial charge in [0.15, 0.2) is 0 Å². The highest BCUT2D eigenvalue weighted by atomic mass is 15.0. The molecule has 0 atom stereocenters. The maximum Gasteiger partial charge on any atom is 0.0714 e. The Bertz CT molecular complexity index is 3650. The van der Waals surface area contributed by atoms with Crippen LogP contribution in [0.25, 0.3) is 88.4 Å². The average molecular weight is 801 g/mol. The Balaban J connectivity index is 0.975. The van der Waals surface area contributed by atoms with Crippen LogP contribution in [0, 0.1) is 0 Å². The van der Waals surface area contributed by atoms with Crippen molar-refractivity contribution in [2.75, 3.05) is 0 Å². The molecule has 1 aliphatic carbocycles. The van der Waals surface area contributed by atoms with E-state index in [1.807, 2.05) is 0 Å². The largest absolute Gasteiger partial charge is 0.309 e. The summed E-state index contributed by atoms with van der Waals surface area (Å²) in [7, 11) is 0. The van der Waals surface area contributed by atoms with Gasteiger partial charge in [0.25, 0.3) is 0 Å². The quantitative estimate of drug-likeness (QED) is 0.159. The van der Waals surface area contributed by atoms with E-state index in [1.54, 1.807) is 0 Å². The molecule has 13 rings (SSSR count). The summed E-state index contributed by atoms with van der Waals surface area (Å²) in [4.78, 5) is 0. The fourth-order valence-corrected chi connectivity index (χ4v) is 10.9.